The Labute approximate surface area is 282 Å². The summed E-state index contributed by atoms with van der Waals surface area (Å²) >= 11 is 0. The number of rotatable bonds is 13. The summed E-state index contributed by atoms with van der Waals surface area (Å²) in [6.07, 6.45) is 2.57. The molecule has 48 heavy (non-hydrogen) atoms. The molecule has 2 aliphatic rings. The van der Waals surface area contributed by atoms with Crippen molar-refractivity contribution in [3.8, 4) is 0 Å². The number of aliphatic carboxylic acids is 2. The second-order valence-corrected chi connectivity index (χ2v) is 13.6. The van der Waals surface area contributed by atoms with E-state index in [0.717, 1.165) is 25.9 Å². The van der Waals surface area contributed by atoms with Crippen molar-refractivity contribution in [2.75, 3.05) is 33.4 Å². The van der Waals surface area contributed by atoms with Crippen molar-refractivity contribution < 1.29 is 29.5 Å². The van der Waals surface area contributed by atoms with Crippen LogP contribution in [0, 0.1) is 20.9 Å². The molecule has 10 nitrogen and oxygen atoms in total. The summed E-state index contributed by atoms with van der Waals surface area (Å²) in [5.74, 6) is -3.32. The Morgan fingerprint density at radius 2 is 1.42 bits per heavy atom. The highest BCUT2D eigenvalue weighted by atomic mass is 16.6. The van der Waals surface area contributed by atoms with Gasteiger partial charge in [-0.3, -0.25) is 19.7 Å². The molecule has 0 radical (unpaired) electrons. The van der Waals surface area contributed by atoms with Crippen molar-refractivity contribution >= 4 is 17.6 Å². The van der Waals surface area contributed by atoms with Gasteiger partial charge in [0.1, 0.15) is 0 Å². The monoisotopic (exact) mass is 657 g/mol. The first-order chi connectivity index (χ1) is 23.0. The van der Waals surface area contributed by atoms with Crippen LogP contribution in [0.5, 0.6) is 0 Å². The van der Waals surface area contributed by atoms with Crippen molar-refractivity contribution in [1.82, 2.24) is 10.2 Å². The minimum Gasteiger partial charge on any atom is -0.481 e. The lowest BCUT2D eigenvalue weighted by atomic mass is 9.49. The summed E-state index contributed by atoms with van der Waals surface area (Å²) in [6.45, 7) is 5.96. The second kappa shape index (κ2) is 14.6. The van der Waals surface area contributed by atoms with Crippen LogP contribution in [0.2, 0.25) is 0 Å². The van der Waals surface area contributed by atoms with Gasteiger partial charge in [0.25, 0.3) is 5.69 Å². The lowest BCUT2D eigenvalue weighted by Gasteiger charge is -2.57. The molecule has 0 amide bonds. The number of carbonyl (C=O) groups is 2. The predicted octanol–water partition coefficient (Wildman–Crippen LogP) is 6.10. The molecule has 3 aromatic carbocycles. The molecule has 2 heterocycles. The van der Waals surface area contributed by atoms with Crippen molar-refractivity contribution in [3.63, 3.8) is 0 Å². The standard InChI is InChI=1S/C38H47N3O7/c1-27-37(34(42)43,33(29-12-10-17-32(26-29)41(46)47)38(35(44)45,21-25-48-3)28(2)39-27)18-11-22-40-23-19-36(20-24-40,30-13-6-4-7-14-30)31-15-8-5-9-16-31/h4-10,12-17,26-28,33,39H,11,18-25H2,1-3H3,(H,42,43)(H,44,45). The number of likely N-dealkylation sites (tertiary alicyclic amines) is 1. The van der Waals surface area contributed by atoms with Crippen LogP contribution >= 0.6 is 0 Å². The molecule has 2 saturated heterocycles. The number of non-ortho nitro benzene ring substituents is 1. The van der Waals surface area contributed by atoms with Gasteiger partial charge in [-0.1, -0.05) is 72.8 Å². The maximum absolute atomic E-state index is 13.6. The molecule has 0 aromatic heterocycles. The Bertz CT molecular complexity index is 1540. The minimum absolute atomic E-state index is 0.0370. The molecule has 0 bridgehead atoms. The molecule has 5 rings (SSSR count). The second-order valence-electron chi connectivity index (χ2n) is 13.6. The third-order valence-electron chi connectivity index (χ3n) is 11.4. The maximum Gasteiger partial charge on any atom is 0.311 e. The molecule has 5 unspecified atom stereocenters. The van der Waals surface area contributed by atoms with E-state index >= 15 is 0 Å². The summed E-state index contributed by atoms with van der Waals surface area (Å²) in [6, 6.07) is 25.8. The molecule has 10 heteroatoms. The molecule has 0 aliphatic carbocycles. The zero-order chi connectivity index (χ0) is 34.5. The van der Waals surface area contributed by atoms with Crippen molar-refractivity contribution in [2.24, 2.45) is 10.8 Å². The number of methoxy groups -OCH3 is 1. The number of hydrogen-bond acceptors (Lipinski definition) is 7. The molecule has 3 aromatic rings. The molecular formula is C38H47N3O7. The van der Waals surface area contributed by atoms with E-state index in [-0.39, 0.29) is 30.6 Å². The zero-order valence-electron chi connectivity index (χ0n) is 28.0. The van der Waals surface area contributed by atoms with E-state index in [1.165, 1.54) is 36.4 Å². The van der Waals surface area contributed by atoms with Gasteiger partial charge in [-0.05, 0) is 82.3 Å². The first-order valence-electron chi connectivity index (χ1n) is 16.8. The average Bonchev–Trinajstić information content (AvgIpc) is 3.09. The van der Waals surface area contributed by atoms with Crippen LogP contribution in [0.3, 0.4) is 0 Å². The van der Waals surface area contributed by atoms with E-state index in [0.29, 0.717) is 18.5 Å². The summed E-state index contributed by atoms with van der Waals surface area (Å²) in [4.78, 5) is 40.7. The number of nitro groups is 1. The van der Waals surface area contributed by atoms with Gasteiger partial charge in [-0.25, -0.2) is 0 Å². The highest BCUT2D eigenvalue weighted by Gasteiger charge is 2.66. The fourth-order valence-electron chi connectivity index (χ4n) is 8.88. The van der Waals surface area contributed by atoms with Gasteiger partial charge >= 0.3 is 11.9 Å². The number of nitrogens with zero attached hydrogens (tertiary/aromatic N) is 2. The number of carboxylic acids is 2. The molecular weight excluding hydrogens is 610 g/mol. The minimum atomic E-state index is -1.60. The Morgan fingerprint density at radius 3 is 1.92 bits per heavy atom. The van der Waals surface area contributed by atoms with Crippen LogP contribution in [0.1, 0.15) is 68.6 Å². The number of piperidine rings is 2. The average molecular weight is 658 g/mol. The number of nitrogens with one attached hydrogen (secondary N) is 1. The van der Waals surface area contributed by atoms with Crippen LogP contribution < -0.4 is 5.32 Å². The van der Waals surface area contributed by atoms with E-state index in [4.69, 9.17) is 4.74 Å². The quantitative estimate of drug-likeness (QED) is 0.147. The van der Waals surface area contributed by atoms with Gasteiger partial charge < -0.3 is 25.2 Å². The molecule has 3 N–H and O–H groups in total. The van der Waals surface area contributed by atoms with E-state index in [9.17, 15) is 29.9 Å². The summed E-state index contributed by atoms with van der Waals surface area (Å²) in [5.41, 5.74) is -0.567. The van der Waals surface area contributed by atoms with Gasteiger partial charge in [0.05, 0.1) is 15.8 Å². The van der Waals surface area contributed by atoms with Gasteiger partial charge in [0.15, 0.2) is 0 Å². The van der Waals surface area contributed by atoms with E-state index < -0.39 is 45.7 Å². The van der Waals surface area contributed by atoms with Crippen LogP contribution in [0.4, 0.5) is 5.69 Å². The zero-order valence-corrected chi connectivity index (χ0v) is 28.0. The number of carboxylic acid groups (broad SMARTS) is 2. The van der Waals surface area contributed by atoms with Crippen LogP contribution in [-0.2, 0) is 19.7 Å². The first kappa shape index (κ1) is 35.2. The number of benzene rings is 3. The highest BCUT2D eigenvalue weighted by molar-refractivity contribution is 5.84. The first-order valence-corrected chi connectivity index (χ1v) is 16.8. The Hall–Kier alpha value is -4.12. The lowest BCUT2D eigenvalue weighted by molar-refractivity contribution is -0.385. The van der Waals surface area contributed by atoms with E-state index in [1.54, 1.807) is 19.9 Å². The van der Waals surface area contributed by atoms with Gasteiger partial charge in [0.2, 0.25) is 0 Å². The fraction of sp³-hybridized carbons (Fsp3) is 0.474. The van der Waals surface area contributed by atoms with Crippen molar-refractivity contribution in [1.29, 1.82) is 0 Å². The molecule has 256 valence electrons. The number of ether oxygens (including phenoxy) is 1. The lowest BCUT2D eigenvalue weighted by Crippen LogP contribution is -2.69. The highest BCUT2D eigenvalue weighted by Crippen LogP contribution is 2.59. The summed E-state index contributed by atoms with van der Waals surface area (Å²) < 4.78 is 5.36. The van der Waals surface area contributed by atoms with E-state index in [1.807, 2.05) is 12.1 Å². The fourth-order valence-corrected chi connectivity index (χ4v) is 8.88. The van der Waals surface area contributed by atoms with E-state index in [2.05, 4.69) is 58.7 Å². The normalized spacial score (nSPS) is 27.3. The Morgan fingerprint density at radius 1 is 0.875 bits per heavy atom. The summed E-state index contributed by atoms with van der Waals surface area (Å²) in [7, 11) is 1.48. The van der Waals surface area contributed by atoms with Crippen molar-refractivity contribution in [3.05, 3.63) is 112 Å². The number of nitro benzene ring substituents is 1. The Balaban J connectivity index is 1.46. The Kier molecular flexibility index (Phi) is 10.7. The number of hydrogen-bond donors (Lipinski definition) is 3. The molecule has 2 fully saturated rings. The topological polar surface area (TPSA) is 142 Å². The van der Waals surface area contributed by atoms with Gasteiger partial charge in [-0.2, -0.15) is 0 Å². The van der Waals surface area contributed by atoms with Gasteiger partial charge in [-0.15, -0.1) is 0 Å². The largest absolute Gasteiger partial charge is 0.481 e. The van der Waals surface area contributed by atoms with Crippen molar-refractivity contribution in [2.45, 2.75) is 69.4 Å². The SMILES string of the molecule is COCCC1(C(=O)O)C(C)NC(C)C(CCCN2CCC(c3ccccc3)(c3ccccc3)CC2)(C(=O)O)C1c1cccc([N+](=O)[O-])c1. The molecule has 0 spiro atoms. The van der Waals surface area contributed by atoms with Gasteiger partial charge in [0, 0.05) is 49.3 Å². The van der Waals surface area contributed by atoms with Crippen LogP contribution in [-0.4, -0.2) is 77.4 Å². The smallest absolute Gasteiger partial charge is 0.311 e. The molecule has 0 saturated carbocycles. The summed E-state index contributed by atoms with van der Waals surface area (Å²) in [5, 5.41) is 37.2. The third kappa shape index (κ3) is 6.24. The van der Waals surface area contributed by atoms with Crippen LogP contribution in [0.25, 0.3) is 0 Å². The van der Waals surface area contributed by atoms with Crippen LogP contribution in [0.15, 0.2) is 84.9 Å². The molecule has 5 atom stereocenters. The molecule has 2 aliphatic heterocycles. The maximum atomic E-state index is 13.6. The third-order valence-corrected chi connectivity index (χ3v) is 11.4. The predicted molar refractivity (Wildman–Crippen MR) is 183 cm³/mol.